The molecule has 1 unspecified atom stereocenters. The van der Waals surface area contributed by atoms with E-state index in [0.29, 0.717) is 0 Å². The Bertz CT molecular complexity index is 523. The zero-order chi connectivity index (χ0) is 12.3. The monoisotopic (exact) mass is 227 g/mol. The summed E-state index contributed by atoms with van der Waals surface area (Å²) < 4.78 is 0. The van der Waals surface area contributed by atoms with Crippen LogP contribution in [0.1, 0.15) is 34.5 Å². The number of nitrogens with zero attached hydrogens (tertiary/aromatic N) is 1. The summed E-state index contributed by atoms with van der Waals surface area (Å²) in [5, 5.41) is 8.93. The van der Waals surface area contributed by atoms with Crippen LogP contribution >= 0.6 is 0 Å². The minimum Gasteiger partial charge on any atom is -0.478 e. The van der Waals surface area contributed by atoms with Crippen LogP contribution in [0.2, 0.25) is 0 Å². The normalized spacial score (nSPS) is 12.1. The number of carbonyl (C=O) groups is 1. The molecule has 1 N–H and O–H groups in total. The lowest BCUT2D eigenvalue weighted by Gasteiger charge is -2.11. The third-order valence-electron chi connectivity index (χ3n) is 2.77. The van der Waals surface area contributed by atoms with Crippen molar-refractivity contribution < 1.29 is 9.90 Å². The summed E-state index contributed by atoms with van der Waals surface area (Å²) in [7, 11) is 0. The molecule has 0 saturated carbocycles. The van der Waals surface area contributed by atoms with Crippen molar-refractivity contribution >= 4 is 5.97 Å². The minimum absolute atomic E-state index is 0.0931. The summed E-state index contributed by atoms with van der Waals surface area (Å²) in [6.45, 7) is 2.02. The Hall–Kier alpha value is -2.16. The molecule has 1 aromatic heterocycles. The average Bonchev–Trinajstić information content (AvgIpc) is 2.39. The molecule has 2 aromatic rings. The van der Waals surface area contributed by atoms with E-state index in [9.17, 15) is 4.79 Å². The van der Waals surface area contributed by atoms with E-state index in [1.54, 1.807) is 6.07 Å². The fraction of sp³-hybridized carbons (Fsp3) is 0.143. The van der Waals surface area contributed by atoms with Gasteiger partial charge in [0.2, 0.25) is 0 Å². The van der Waals surface area contributed by atoms with Crippen LogP contribution < -0.4 is 0 Å². The van der Waals surface area contributed by atoms with E-state index >= 15 is 0 Å². The molecule has 1 atom stereocenters. The molecule has 86 valence electrons. The summed E-state index contributed by atoms with van der Waals surface area (Å²) in [4.78, 5) is 15.1. The van der Waals surface area contributed by atoms with E-state index in [2.05, 4.69) is 4.98 Å². The highest BCUT2D eigenvalue weighted by atomic mass is 16.4. The second-order valence-electron chi connectivity index (χ2n) is 3.91. The number of benzene rings is 1. The van der Waals surface area contributed by atoms with Crippen molar-refractivity contribution in [2.75, 3.05) is 0 Å². The van der Waals surface area contributed by atoms with Crippen LogP contribution in [0.3, 0.4) is 0 Å². The summed E-state index contributed by atoms with van der Waals surface area (Å²) in [5.41, 5.74) is 2.18. The van der Waals surface area contributed by atoms with Crippen LogP contribution in [0.4, 0.5) is 0 Å². The van der Waals surface area contributed by atoms with Gasteiger partial charge in [0.05, 0.1) is 5.56 Å². The molecule has 0 radical (unpaired) electrons. The molecular formula is C14H13NO2. The smallest absolute Gasteiger partial charge is 0.335 e. The van der Waals surface area contributed by atoms with Crippen molar-refractivity contribution in [1.82, 2.24) is 4.98 Å². The lowest BCUT2D eigenvalue weighted by atomic mass is 9.96. The largest absolute Gasteiger partial charge is 0.478 e. The summed E-state index contributed by atoms with van der Waals surface area (Å²) >= 11 is 0. The second-order valence-corrected chi connectivity index (χ2v) is 3.91. The topological polar surface area (TPSA) is 50.2 Å². The molecule has 3 nitrogen and oxygen atoms in total. The van der Waals surface area contributed by atoms with Crippen molar-refractivity contribution in [3.8, 4) is 0 Å². The Morgan fingerprint density at radius 1 is 1.24 bits per heavy atom. The van der Waals surface area contributed by atoms with Crippen LogP contribution in [0, 0.1) is 0 Å². The number of hydrogen-bond acceptors (Lipinski definition) is 2. The second kappa shape index (κ2) is 4.78. The van der Waals surface area contributed by atoms with Crippen LogP contribution in [0.25, 0.3) is 0 Å². The molecule has 0 aliphatic rings. The molecular weight excluding hydrogens is 214 g/mol. The Kier molecular flexibility index (Phi) is 3.19. The lowest BCUT2D eigenvalue weighted by Crippen LogP contribution is -2.03. The van der Waals surface area contributed by atoms with Crippen molar-refractivity contribution in [2.45, 2.75) is 12.8 Å². The number of pyridine rings is 1. The molecule has 0 spiro atoms. The van der Waals surface area contributed by atoms with Gasteiger partial charge in [0.1, 0.15) is 0 Å². The highest BCUT2D eigenvalue weighted by Gasteiger charge is 2.11. The first-order valence-corrected chi connectivity index (χ1v) is 5.42. The third kappa shape index (κ3) is 2.50. The molecule has 17 heavy (non-hydrogen) atoms. The van der Waals surface area contributed by atoms with E-state index in [0.717, 1.165) is 11.3 Å². The maximum Gasteiger partial charge on any atom is 0.335 e. The fourth-order valence-corrected chi connectivity index (χ4v) is 1.73. The van der Waals surface area contributed by atoms with Crippen molar-refractivity contribution in [2.24, 2.45) is 0 Å². The van der Waals surface area contributed by atoms with Gasteiger partial charge in [-0.3, -0.25) is 4.98 Å². The number of carboxylic acid groups (broad SMARTS) is 1. The van der Waals surface area contributed by atoms with Crippen molar-refractivity contribution in [3.05, 3.63) is 65.5 Å². The van der Waals surface area contributed by atoms with Gasteiger partial charge in [0.15, 0.2) is 0 Å². The van der Waals surface area contributed by atoms with Gasteiger partial charge in [-0.1, -0.05) is 37.3 Å². The molecule has 1 heterocycles. The quantitative estimate of drug-likeness (QED) is 0.877. The van der Waals surface area contributed by atoms with Crippen LogP contribution in [0.5, 0.6) is 0 Å². The van der Waals surface area contributed by atoms with Gasteiger partial charge in [-0.05, 0) is 17.7 Å². The van der Waals surface area contributed by atoms with Crippen molar-refractivity contribution in [3.63, 3.8) is 0 Å². The van der Waals surface area contributed by atoms with E-state index in [4.69, 9.17) is 5.11 Å². The molecule has 3 heteroatoms. The van der Waals surface area contributed by atoms with E-state index in [-0.39, 0.29) is 11.5 Å². The molecule has 1 aromatic carbocycles. The summed E-state index contributed by atoms with van der Waals surface area (Å²) in [6.07, 6.45) is 1.54. The SMILES string of the molecule is CC(c1ccccc1)c1cc(C(=O)O)ccn1. The predicted octanol–water partition coefficient (Wildman–Crippen LogP) is 2.93. The number of aromatic nitrogens is 1. The van der Waals surface area contributed by atoms with E-state index in [1.807, 2.05) is 37.3 Å². The molecule has 0 aliphatic carbocycles. The maximum absolute atomic E-state index is 10.9. The highest BCUT2D eigenvalue weighted by Crippen LogP contribution is 2.22. The van der Waals surface area contributed by atoms with Gasteiger partial charge in [0.25, 0.3) is 0 Å². The van der Waals surface area contributed by atoms with Gasteiger partial charge in [-0.15, -0.1) is 0 Å². The highest BCUT2D eigenvalue weighted by molar-refractivity contribution is 5.87. The number of rotatable bonds is 3. The van der Waals surface area contributed by atoms with Crippen molar-refractivity contribution in [1.29, 1.82) is 0 Å². The Morgan fingerprint density at radius 2 is 1.94 bits per heavy atom. The number of hydrogen-bond donors (Lipinski definition) is 1. The number of carboxylic acids is 1. The maximum atomic E-state index is 10.9. The first kappa shape index (κ1) is 11.3. The summed E-state index contributed by atoms with van der Waals surface area (Å²) in [5.74, 6) is -0.829. The molecule has 0 saturated heterocycles. The van der Waals surface area contributed by atoms with E-state index < -0.39 is 5.97 Å². The molecule has 2 rings (SSSR count). The zero-order valence-electron chi connectivity index (χ0n) is 9.50. The average molecular weight is 227 g/mol. The molecule has 0 amide bonds. The zero-order valence-corrected chi connectivity index (χ0v) is 9.50. The van der Waals surface area contributed by atoms with Crippen LogP contribution in [0.15, 0.2) is 48.7 Å². The summed E-state index contributed by atoms with van der Waals surface area (Å²) in [6, 6.07) is 13.0. The van der Waals surface area contributed by atoms with Crippen LogP contribution in [-0.2, 0) is 0 Å². The van der Waals surface area contributed by atoms with Gasteiger partial charge in [-0.25, -0.2) is 4.79 Å². The Morgan fingerprint density at radius 3 is 2.59 bits per heavy atom. The lowest BCUT2D eigenvalue weighted by molar-refractivity contribution is 0.0696. The van der Waals surface area contributed by atoms with Gasteiger partial charge in [-0.2, -0.15) is 0 Å². The first-order chi connectivity index (χ1) is 8.18. The number of aromatic carboxylic acids is 1. The predicted molar refractivity (Wildman–Crippen MR) is 65.2 cm³/mol. The Balaban J connectivity index is 2.34. The minimum atomic E-state index is -0.922. The standard InChI is InChI=1S/C14H13NO2/c1-10(11-5-3-2-4-6-11)13-9-12(14(16)17)7-8-15-13/h2-10H,1H3,(H,16,17). The van der Waals surface area contributed by atoms with Gasteiger partial charge in [0, 0.05) is 17.8 Å². The third-order valence-corrected chi connectivity index (χ3v) is 2.77. The van der Waals surface area contributed by atoms with E-state index in [1.165, 1.54) is 12.3 Å². The van der Waals surface area contributed by atoms with Crippen LogP contribution in [-0.4, -0.2) is 16.1 Å². The van der Waals surface area contributed by atoms with Gasteiger partial charge >= 0.3 is 5.97 Å². The molecule has 0 bridgehead atoms. The fourth-order valence-electron chi connectivity index (χ4n) is 1.73. The molecule has 0 fully saturated rings. The Labute approximate surface area is 99.8 Å². The molecule has 0 aliphatic heterocycles. The van der Waals surface area contributed by atoms with Gasteiger partial charge < -0.3 is 5.11 Å². The first-order valence-electron chi connectivity index (χ1n) is 5.42.